The lowest BCUT2D eigenvalue weighted by Gasteiger charge is -2.11. The summed E-state index contributed by atoms with van der Waals surface area (Å²) in [6.45, 7) is 2.29. The highest BCUT2D eigenvalue weighted by molar-refractivity contribution is 5.94. The van der Waals surface area contributed by atoms with E-state index in [0.717, 1.165) is 34.2 Å². The topological polar surface area (TPSA) is 104 Å². The van der Waals surface area contributed by atoms with Crippen molar-refractivity contribution in [1.29, 1.82) is 0 Å². The molecule has 7 nitrogen and oxygen atoms in total. The van der Waals surface area contributed by atoms with E-state index in [9.17, 15) is 14.7 Å². The van der Waals surface area contributed by atoms with Gasteiger partial charge in [-0.15, -0.1) is 0 Å². The highest BCUT2D eigenvalue weighted by Gasteiger charge is 2.51. The maximum Gasteiger partial charge on any atom is 0.319 e. The van der Waals surface area contributed by atoms with Crippen molar-refractivity contribution in [2.45, 2.75) is 31.6 Å². The van der Waals surface area contributed by atoms with Gasteiger partial charge < -0.3 is 20.3 Å². The first-order valence-electron chi connectivity index (χ1n) is 12.0. The maximum absolute atomic E-state index is 12.5. The molecule has 0 spiro atoms. The Bertz CT molecular complexity index is 1370. The van der Waals surface area contributed by atoms with Crippen molar-refractivity contribution >= 4 is 17.7 Å². The summed E-state index contributed by atoms with van der Waals surface area (Å²) in [5, 5.41) is 19.3. The van der Waals surface area contributed by atoms with Crippen LogP contribution in [-0.2, 0) is 16.6 Å². The lowest BCUT2D eigenvalue weighted by atomic mass is 9.93. The maximum atomic E-state index is 12.5. The second-order valence-corrected chi connectivity index (χ2v) is 9.13. The minimum Gasteiger partial charge on any atom is -0.481 e. The highest BCUT2D eigenvalue weighted by atomic mass is 16.5. The first kappa shape index (κ1) is 23.4. The van der Waals surface area contributed by atoms with Gasteiger partial charge >= 0.3 is 12.0 Å². The Kier molecular flexibility index (Phi) is 6.29. The number of carboxylic acid groups (broad SMARTS) is 1. The average molecular weight is 482 g/mol. The monoisotopic (exact) mass is 481 g/mol. The van der Waals surface area contributed by atoms with E-state index in [-0.39, 0.29) is 6.03 Å². The Morgan fingerprint density at radius 1 is 0.917 bits per heavy atom. The third-order valence-electron chi connectivity index (χ3n) is 6.72. The van der Waals surface area contributed by atoms with Crippen molar-refractivity contribution < 1.29 is 19.2 Å². The van der Waals surface area contributed by atoms with Gasteiger partial charge in [0.1, 0.15) is 11.4 Å². The van der Waals surface area contributed by atoms with E-state index in [0.29, 0.717) is 36.5 Å². The van der Waals surface area contributed by atoms with E-state index >= 15 is 0 Å². The van der Waals surface area contributed by atoms with E-state index in [1.807, 2.05) is 78.9 Å². The van der Waals surface area contributed by atoms with Crippen LogP contribution in [0.15, 0.2) is 83.4 Å². The van der Waals surface area contributed by atoms with Crippen LogP contribution in [0.1, 0.15) is 29.7 Å². The molecule has 0 radical (unpaired) electrons. The van der Waals surface area contributed by atoms with Crippen LogP contribution in [0.2, 0.25) is 0 Å². The number of hydrogen-bond acceptors (Lipinski definition) is 4. The van der Waals surface area contributed by atoms with Gasteiger partial charge in [-0.1, -0.05) is 84.0 Å². The van der Waals surface area contributed by atoms with Crippen LogP contribution in [-0.4, -0.2) is 28.8 Å². The van der Waals surface area contributed by atoms with E-state index in [1.54, 1.807) is 6.92 Å². The van der Waals surface area contributed by atoms with Gasteiger partial charge in [0.25, 0.3) is 0 Å². The number of benzene rings is 3. The molecule has 36 heavy (non-hydrogen) atoms. The highest BCUT2D eigenvalue weighted by Crippen LogP contribution is 2.48. The molecular weight excluding hydrogens is 454 g/mol. The fourth-order valence-corrected chi connectivity index (χ4v) is 4.38. The molecule has 1 saturated carbocycles. The number of carbonyl (C=O) groups is 2. The number of carbonyl (C=O) groups excluding carboxylic acids is 1. The fraction of sp³-hybridized carbons (Fsp3) is 0.207. The van der Waals surface area contributed by atoms with Crippen molar-refractivity contribution in [3.8, 4) is 22.5 Å². The van der Waals surface area contributed by atoms with E-state index < -0.39 is 11.4 Å². The number of aryl methyl sites for hydroxylation is 1. The minimum absolute atomic E-state index is 0.315. The molecule has 5 rings (SSSR count). The molecule has 3 N–H and O–H groups in total. The average Bonchev–Trinajstić information content (AvgIpc) is 3.64. The Labute approximate surface area is 209 Å². The quantitative estimate of drug-likeness (QED) is 0.295. The summed E-state index contributed by atoms with van der Waals surface area (Å²) in [6.07, 6.45) is 2.12. The lowest BCUT2D eigenvalue weighted by molar-refractivity contribution is -0.140. The molecule has 1 aliphatic rings. The lowest BCUT2D eigenvalue weighted by Crippen LogP contribution is -2.30. The molecule has 1 aromatic heterocycles. The van der Waals surface area contributed by atoms with Crippen LogP contribution in [0.5, 0.6) is 0 Å². The van der Waals surface area contributed by atoms with Crippen LogP contribution in [0.25, 0.3) is 22.5 Å². The molecule has 0 aliphatic heterocycles. The summed E-state index contributed by atoms with van der Waals surface area (Å²) in [6, 6.07) is 25.2. The van der Waals surface area contributed by atoms with Crippen molar-refractivity contribution in [1.82, 2.24) is 10.5 Å². The normalized spacial score (nSPS) is 13.7. The number of urea groups is 1. The van der Waals surface area contributed by atoms with Gasteiger partial charge in [0.2, 0.25) is 0 Å². The molecule has 0 atom stereocenters. The first-order chi connectivity index (χ1) is 17.5. The van der Waals surface area contributed by atoms with Crippen LogP contribution in [0.4, 0.5) is 10.5 Å². The standard InChI is InChI=1S/C29H27N3O4/c1-19-25(31-28(35)30-18-15-20-5-3-2-4-6-20)26(36-32-19)23-9-7-21(8-10-23)22-11-13-24(14-12-22)29(16-17-29)27(33)34/h2-14H,15-18H2,1H3,(H,33,34)(H2,30,31,35). The molecule has 7 heteroatoms. The molecule has 1 fully saturated rings. The van der Waals surface area contributed by atoms with Crippen molar-refractivity contribution in [2.24, 2.45) is 0 Å². The van der Waals surface area contributed by atoms with Crippen molar-refractivity contribution in [2.75, 3.05) is 11.9 Å². The minimum atomic E-state index is -0.753. The molecule has 4 aromatic rings. The van der Waals surface area contributed by atoms with Crippen molar-refractivity contribution in [3.05, 3.63) is 95.7 Å². The zero-order valence-electron chi connectivity index (χ0n) is 20.0. The molecule has 0 unspecified atom stereocenters. The Morgan fingerprint density at radius 2 is 1.53 bits per heavy atom. The number of nitrogens with one attached hydrogen (secondary N) is 2. The molecule has 3 aromatic carbocycles. The van der Waals surface area contributed by atoms with Crippen LogP contribution < -0.4 is 10.6 Å². The number of rotatable bonds is 8. The zero-order chi connectivity index (χ0) is 25.1. The van der Waals surface area contributed by atoms with Gasteiger partial charge in [-0.2, -0.15) is 0 Å². The number of carboxylic acids is 1. The van der Waals surface area contributed by atoms with Crippen molar-refractivity contribution in [3.63, 3.8) is 0 Å². The second-order valence-electron chi connectivity index (χ2n) is 9.13. The van der Waals surface area contributed by atoms with Gasteiger partial charge in [0.05, 0.1) is 5.41 Å². The second kappa shape index (κ2) is 9.70. The fourth-order valence-electron chi connectivity index (χ4n) is 4.38. The molecule has 2 amide bonds. The van der Waals surface area contributed by atoms with Crippen LogP contribution in [0, 0.1) is 6.92 Å². The van der Waals surface area contributed by atoms with Crippen LogP contribution >= 0.6 is 0 Å². The number of amides is 2. The van der Waals surface area contributed by atoms with Gasteiger partial charge in [-0.3, -0.25) is 4.79 Å². The first-order valence-corrected chi connectivity index (χ1v) is 12.0. The van der Waals surface area contributed by atoms with Gasteiger partial charge in [-0.25, -0.2) is 4.79 Å². The smallest absolute Gasteiger partial charge is 0.319 e. The SMILES string of the molecule is Cc1noc(-c2ccc(-c3ccc(C4(C(=O)O)CC4)cc3)cc2)c1NC(=O)NCCc1ccccc1. The number of anilines is 1. The number of aromatic nitrogens is 1. The van der Waals surface area contributed by atoms with Crippen LogP contribution in [0.3, 0.4) is 0 Å². The summed E-state index contributed by atoms with van der Waals surface area (Å²) < 4.78 is 5.54. The van der Waals surface area contributed by atoms with Gasteiger partial charge in [-0.05, 0) is 48.4 Å². The van der Waals surface area contributed by atoms with E-state index in [4.69, 9.17) is 4.52 Å². The number of aliphatic carboxylic acids is 1. The predicted molar refractivity (Wildman–Crippen MR) is 138 cm³/mol. The predicted octanol–water partition coefficient (Wildman–Crippen LogP) is 5.80. The van der Waals surface area contributed by atoms with E-state index in [2.05, 4.69) is 15.8 Å². The summed E-state index contributed by atoms with van der Waals surface area (Å²) >= 11 is 0. The van der Waals surface area contributed by atoms with Gasteiger partial charge in [0.15, 0.2) is 5.76 Å². The summed E-state index contributed by atoms with van der Waals surface area (Å²) in [7, 11) is 0. The summed E-state index contributed by atoms with van der Waals surface area (Å²) in [5.41, 5.74) is 5.21. The third kappa shape index (κ3) is 4.73. The largest absolute Gasteiger partial charge is 0.481 e. The molecule has 1 heterocycles. The number of nitrogens with zero attached hydrogens (tertiary/aromatic N) is 1. The summed E-state index contributed by atoms with van der Waals surface area (Å²) in [5.74, 6) is -0.263. The zero-order valence-corrected chi connectivity index (χ0v) is 20.0. The third-order valence-corrected chi connectivity index (χ3v) is 6.72. The Hall–Kier alpha value is -4.39. The Morgan fingerprint density at radius 3 is 2.14 bits per heavy atom. The summed E-state index contributed by atoms with van der Waals surface area (Å²) in [4.78, 5) is 24.1. The van der Waals surface area contributed by atoms with Gasteiger partial charge in [0, 0.05) is 12.1 Å². The number of hydrogen-bond donors (Lipinski definition) is 3. The molecule has 0 bridgehead atoms. The molecular formula is C29H27N3O4. The Balaban J connectivity index is 1.25. The van der Waals surface area contributed by atoms with E-state index in [1.165, 1.54) is 0 Å². The molecule has 0 saturated heterocycles. The molecule has 182 valence electrons. The molecule has 1 aliphatic carbocycles.